The third kappa shape index (κ3) is 4.19. The van der Waals surface area contributed by atoms with Gasteiger partial charge in [-0.3, -0.25) is 15.8 Å². The fourth-order valence-corrected chi connectivity index (χ4v) is 6.18. The Morgan fingerprint density at radius 1 is 1.12 bits per heavy atom. The van der Waals surface area contributed by atoms with Gasteiger partial charge in [-0.1, -0.05) is 30.4 Å². The van der Waals surface area contributed by atoms with Gasteiger partial charge in [0, 0.05) is 36.5 Å². The first-order chi connectivity index (χ1) is 12.7. The molecule has 0 aromatic heterocycles. The van der Waals surface area contributed by atoms with Gasteiger partial charge in [-0.15, -0.1) is 0 Å². The van der Waals surface area contributed by atoms with Gasteiger partial charge < -0.3 is 0 Å². The number of rotatable bonds is 6. The number of thioether (sulfide) groups is 1. The Balaban J connectivity index is 1.43. The molecular formula is C22H33N3S. The predicted octanol–water partition coefficient (Wildman–Crippen LogP) is 3.64. The second kappa shape index (κ2) is 8.47. The summed E-state index contributed by atoms with van der Waals surface area (Å²) in [5.74, 6) is 1.34. The van der Waals surface area contributed by atoms with Gasteiger partial charge >= 0.3 is 0 Å². The molecule has 2 aliphatic heterocycles. The van der Waals surface area contributed by atoms with Crippen molar-refractivity contribution >= 4 is 17.8 Å². The van der Waals surface area contributed by atoms with E-state index in [0.29, 0.717) is 18.1 Å². The van der Waals surface area contributed by atoms with Crippen molar-refractivity contribution < 1.29 is 0 Å². The van der Waals surface area contributed by atoms with E-state index in [4.69, 9.17) is 0 Å². The number of benzene rings is 1. The van der Waals surface area contributed by atoms with Gasteiger partial charge in [-0.05, 0) is 68.4 Å². The summed E-state index contributed by atoms with van der Waals surface area (Å²) in [6.07, 6.45) is 11.3. The van der Waals surface area contributed by atoms with Crippen molar-refractivity contribution in [2.24, 2.45) is 0 Å². The molecule has 2 heterocycles. The highest BCUT2D eigenvalue weighted by atomic mass is 32.2. The Morgan fingerprint density at radius 3 is 2.69 bits per heavy atom. The zero-order valence-corrected chi connectivity index (χ0v) is 17.0. The van der Waals surface area contributed by atoms with Crippen molar-refractivity contribution in [2.75, 3.05) is 18.8 Å². The third-order valence-corrected chi connectivity index (χ3v) is 7.60. The maximum atomic E-state index is 3.44. The number of nitrogens with zero attached hydrogens (tertiary/aromatic N) is 1. The van der Waals surface area contributed by atoms with Crippen LogP contribution in [0.2, 0.25) is 0 Å². The number of hydrazine groups is 1. The standard InChI is InChI=1S/C22H33N3S/c1-16-22(17(2)24-23-16)25(15-21-9-5-13-26-21)12-4-6-18-10-11-19-7-3-8-20(19)14-18/h4,6,10-11,14,16-17,21-24H,3,5,7-9,12-13,15H2,1-2H3. The molecule has 2 fully saturated rings. The third-order valence-electron chi connectivity index (χ3n) is 6.22. The zero-order valence-electron chi connectivity index (χ0n) is 16.2. The van der Waals surface area contributed by atoms with Gasteiger partial charge in [0.25, 0.3) is 0 Å². The summed E-state index contributed by atoms with van der Waals surface area (Å²) >= 11 is 2.17. The van der Waals surface area contributed by atoms with E-state index in [9.17, 15) is 0 Å². The van der Waals surface area contributed by atoms with Gasteiger partial charge in [0.1, 0.15) is 0 Å². The van der Waals surface area contributed by atoms with Crippen LogP contribution in [0.3, 0.4) is 0 Å². The molecule has 0 saturated carbocycles. The lowest BCUT2D eigenvalue weighted by Crippen LogP contribution is -2.49. The molecule has 1 aliphatic carbocycles. The minimum Gasteiger partial charge on any atom is -0.292 e. The number of hydrogen-bond acceptors (Lipinski definition) is 4. The van der Waals surface area contributed by atoms with Gasteiger partial charge in [0.2, 0.25) is 0 Å². The van der Waals surface area contributed by atoms with Gasteiger partial charge in [0.05, 0.1) is 0 Å². The van der Waals surface area contributed by atoms with Crippen LogP contribution in [-0.4, -0.2) is 47.1 Å². The summed E-state index contributed by atoms with van der Waals surface area (Å²) in [5, 5.41) is 0.809. The molecule has 3 nitrogen and oxygen atoms in total. The van der Waals surface area contributed by atoms with Crippen molar-refractivity contribution in [3.05, 3.63) is 41.0 Å². The summed E-state index contributed by atoms with van der Waals surface area (Å²) in [4.78, 5) is 2.70. The number of fused-ring (bicyclic) bond motifs is 1. The topological polar surface area (TPSA) is 27.3 Å². The molecular weight excluding hydrogens is 338 g/mol. The maximum absolute atomic E-state index is 3.44. The minimum absolute atomic E-state index is 0.491. The van der Waals surface area contributed by atoms with E-state index < -0.39 is 0 Å². The van der Waals surface area contributed by atoms with E-state index in [0.717, 1.165) is 11.8 Å². The highest BCUT2D eigenvalue weighted by Crippen LogP contribution is 2.28. The van der Waals surface area contributed by atoms with E-state index in [2.05, 4.69) is 71.7 Å². The Hall–Kier alpha value is -0.810. The quantitative estimate of drug-likeness (QED) is 0.798. The minimum atomic E-state index is 0.491. The molecule has 3 aliphatic rings. The van der Waals surface area contributed by atoms with E-state index in [-0.39, 0.29) is 0 Å². The molecule has 1 aromatic rings. The van der Waals surface area contributed by atoms with Crippen molar-refractivity contribution in [3.8, 4) is 0 Å². The first-order valence-electron chi connectivity index (χ1n) is 10.4. The van der Waals surface area contributed by atoms with E-state index in [1.807, 2.05) is 0 Å². The number of hydrogen-bond donors (Lipinski definition) is 2. The molecule has 0 spiro atoms. The molecule has 142 valence electrons. The van der Waals surface area contributed by atoms with Crippen molar-refractivity contribution in [3.63, 3.8) is 0 Å². The van der Waals surface area contributed by atoms with Crippen LogP contribution >= 0.6 is 11.8 Å². The number of aryl methyl sites for hydroxylation is 2. The summed E-state index contributed by atoms with van der Waals surface area (Å²) in [6, 6.07) is 8.57. The first kappa shape index (κ1) is 18.5. The van der Waals surface area contributed by atoms with Crippen LogP contribution in [0, 0.1) is 0 Å². The largest absolute Gasteiger partial charge is 0.292 e. The Bertz CT molecular complexity index is 628. The fraction of sp³-hybridized carbons (Fsp3) is 0.636. The van der Waals surface area contributed by atoms with E-state index in [1.54, 1.807) is 11.1 Å². The first-order valence-corrected chi connectivity index (χ1v) is 11.4. The Labute approximate surface area is 163 Å². The lowest BCUT2D eigenvalue weighted by atomic mass is 10.0. The fourth-order valence-electron chi connectivity index (χ4n) is 4.89. The molecule has 0 radical (unpaired) electrons. The maximum Gasteiger partial charge on any atom is 0.0428 e. The highest BCUT2D eigenvalue weighted by Gasteiger charge is 2.35. The molecule has 3 atom stereocenters. The predicted molar refractivity (Wildman–Crippen MR) is 114 cm³/mol. The van der Waals surface area contributed by atoms with Gasteiger partial charge in [-0.25, -0.2) is 0 Å². The van der Waals surface area contributed by atoms with Crippen LogP contribution in [0.1, 0.15) is 49.8 Å². The lowest BCUT2D eigenvalue weighted by Gasteiger charge is -2.34. The van der Waals surface area contributed by atoms with Gasteiger partial charge in [0.15, 0.2) is 0 Å². The second-order valence-corrected chi connectivity index (χ2v) is 9.64. The normalized spacial score (nSPS) is 31.3. The van der Waals surface area contributed by atoms with Crippen molar-refractivity contribution in [2.45, 2.75) is 69.3 Å². The summed E-state index contributed by atoms with van der Waals surface area (Å²) in [5.41, 5.74) is 11.4. The lowest BCUT2D eigenvalue weighted by molar-refractivity contribution is 0.193. The molecule has 0 bridgehead atoms. The van der Waals surface area contributed by atoms with Crippen LogP contribution in [-0.2, 0) is 12.8 Å². The van der Waals surface area contributed by atoms with Crippen LogP contribution in [0.15, 0.2) is 24.3 Å². The van der Waals surface area contributed by atoms with Crippen LogP contribution in [0.5, 0.6) is 0 Å². The molecule has 4 heteroatoms. The molecule has 2 saturated heterocycles. The smallest absolute Gasteiger partial charge is 0.0428 e. The molecule has 0 amide bonds. The van der Waals surface area contributed by atoms with Crippen LogP contribution in [0.25, 0.3) is 6.08 Å². The Kier molecular flexibility index (Phi) is 6.04. The van der Waals surface area contributed by atoms with Crippen LogP contribution in [0.4, 0.5) is 0 Å². The summed E-state index contributed by atoms with van der Waals surface area (Å²) < 4.78 is 0. The monoisotopic (exact) mass is 371 g/mol. The molecule has 3 unspecified atom stereocenters. The van der Waals surface area contributed by atoms with Crippen molar-refractivity contribution in [1.29, 1.82) is 0 Å². The average Bonchev–Trinajstić information content (AvgIpc) is 3.36. The summed E-state index contributed by atoms with van der Waals surface area (Å²) in [7, 11) is 0. The molecule has 1 aromatic carbocycles. The molecule has 4 rings (SSSR count). The van der Waals surface area contributed by atoms with E-state index in [1.165, 1.54) is 50.0 Å². The van der Waals surface area contributed by atoms with Gasteiger partial charge in [-0.2, -0.15) is 11.8 Å². The van der Waals surface area contributed by atoms with E-state index >= 15 is 0 Å². The summed E-state index contributed by atoms with van der Waals surface area (Å²) in [6.45, 7) is 6.86. The number of nitrogens with one attached hydrogen (secondary N) is 2. The average molecular weight is 372 g/mol. The zero-order chi connectivity index (χ0) is 17.9. The van der Waals surface area contributed by atoms with Crippen LogP contribution < -0.4 is 10.9 Å². The molecule has 26 heavy (non-hydrogen) atoms. The highest BCUT2D eigenvalue weighted by molar-refractivity contribution is 8.00. The van der Waals surface area contributed by atoms with Crippen molar-refractivity contribution in [1.82, 2.24) is 15.8 Å². The SMILES string of the molecule is CC1NNC(C)C1N(CC=Cc1ccc2c(c1)CCC2)CC1CCCS1. The molecule has 2 N–H and O–H groups in total. The Morgan fingerprint density at radius 2 is 1.92 bits per heavy atom. The second-order valence-electron chi connectivity index (χ2n) is 8.23.